The van der Waals surface area contributed by atoms with Crippen LogP contribution in [0.15, 0.2) is 30.3 Å². The predicted molar refractivity (Wildman–Crippen MR) is 77.0 cm³/mol. The van der Waals surface area contributed by atoms with E-state index in [2.05, 4.69) is 0 Å². The Hall–Kier alpha value is -1.39. The van der Waals surface area contributed by atoms with Gasteiger partial charge in [-0.25, -0.2) is 0 Å². The van der Waals surface area contributed by atoms with Gasteiger partial charge in [-0.1, -0.05) is 30.3 Å². The van der Waals surface area contributed by atoms with Gasteiger partial charge < -0.3 is 15.2 Å². The van der Waals surface area contributed by atoms with E-state index in [9.17, 15) is 4.79 Å². The maximum atomic E-state index is 12.0. The quantitative estimate of drug-likeness (QED) is 0.858. The molecular formula is C16H23NO3. The highest BCUT2D eigenvalue weighted by Crippen LogP contribution is 2.35. The fourth-order valence-corrected chi connectivity index (χ4v) is 2.21. The summed E-state index contributed by atoms with van der Waals surface area (Å²) in [6, 6.07) is 9.96. The molecule has 1 aromatic rings. The van der Waals surface area contributed by atoms with E-state index in [-0.39, 0.29) is 12.1 Å². The van der Waals surface area contributed by atoms with Gasteiger partial charge in [0.05, 0.1) is 12.7 Å². The molecule has 0 heterocycles. The van der Waals surface area contributed by atoms with Crippen LogP contribution in [0.1, 0.15) is 39.2 Å². The van der Waals surface area contributed by atoms with Crippen LogP contribution in [0.5, 0.6) is 0 Å². The summed E-state index contributed by atoms with van der Waals surface area (Å²) in [4.78, 5) is 12.0. The Morgan fingerprint density at radius 3 is 2.45 bits per heavy atom. The van der Waals surface area contributed by atoms with Crippen LogP contribution in [0.4, 0.5) is 0 Å². The van der Waals surface area contributed by atoms with E-state index >= 15 is 0 Å². The van der Waals surface area contributed by atoms with Gasteiger partial charge in [0.2, 0.25) is 0 Å². The van der Waals surface area contributed by atoms with Crippen LogP contribution in [0.3, 0.4) is 0 Å². The molecule has 2 N–H and O–H groups in total. The first-order valence-electron chi connectivity index (χ1n) is 6.96. The van der Waals surface area contributed by atoms with E-state index in [0.717, 1.165) is 5.56 Å². The molecular weight excluding hydrogens is 254 g/mol. The SMILES string of the molecule is CC(C)(C)OC(=O)C1(N)CC(OCc2ccccc2)C1. The Labute approximate surface area is 120 Å². The highest BCUT2D eigenvalue weighted by atomic mass is 16.6. The molecule has 110 valence electrons. The van der Waals surface area contributed by atoms with Crippen molar-refractivity contribution in [2.45, 2.75) is 57.5 Å². The molecule has 4 heteroatoms. The molecule has 4 nitrogen and oxygen atoms in total. The monoisotopic (exact) mass is 277 g/mol. The minimum Gasteiger partial charge on any atom is -0.459 e. The van der Waals surface area contributed by atoms with Crippen molar-refractivity contribution >= 4 is 5.97 Å². The highest BCUT2D eigenvalue weighted by Gasteiger charge is 2.49. The molecule has 0 bridgehead atoms. The van der Waals surface area contributed by atoms with Gasteiger partial charge in [-0.3, -0.25) is 4.79 Å². The molecule has 1 aliphatic rings. The van der Waals surface area contributed by atoms with Gasteiger partial charge >= 0.3 is 5.97 Å². The molecule has 0 saturated heterocycles. The van der Waals surface area contributed by atoms with Crippen molar-refractivity contribution in [1.82, 2.24) is 0 Å². The molecule has 1 aromatic carbocycles. The summed E-state index contributed by atoms with van der Waals surface area (Å²) in [7, 11) is 0. The number of carbonyl (C=O) groups is 1. The maximum Gasteiger partial charge on any atom is 0.326 e. The second kappa shape index (κ2) is 5.54. The number of hydrogen-bond donors (Lipinski definition) is 1. The molecule has 0 spiro atoms. The van der Waals surface area contributed by atoms with Crippen LogP contribution < -0.4 is 5.73 Å². The van der Waals surface area contributed by atoms with E-state index in [1.54, 1.807) is 0 Å². The molecule has 0 amide bonds. The number of carbonyl (C=O) groups excluding carboxylic acids is 1. The van der Waals surface area contributed by atoms with Gasteiger partial charge in [-0.15, -0.1) is 0 Å². The number of esters is 1. The number of hydrogen-bond acceptors (Lipinski definition) is 4. The van der Waals surface area contributed by atoms with Gasteiger partial charge in [-0.2, -0.15) is 0 Å². The molecule has 0 atom stereocenters. The lowest BCUT2D eigenvalue weighted by molar-refractivity contribution is -0.173. The summed E-state index contributed by atoms with van der Waals surface area (Å²) in [6.07, 6.45) is 1.08. The minimum absolute atomic E-state index is 0.0349. The Kier molecular flexibility index (Phi) is 4.16. The number of nitrogens with two attached hydrogens (primary N) is 1. The van der Waals surface area contributed by atoms with Crippen LogP contribution in [-0.2, 0) is 20.9 Å². The van der Waals surface area contributed by atoms with Gasteiger partial charge in [0.25, 0.3) is 0 Å². The van der Waals surface area contributed by atoms with Crippen molar-refractivity contribution in [2.24, 2.45) is 5.73 Å². The molecule has 1 aliphatic carbocycles. The average Bonchev–Trinajstić information content (AvgIpc) is 2.32. The lowest BCUT2D eigenvalue weighted by atomic mass is 9.75. The van der Waals surface area contributed by atoms with Crippen LogP contribution in [0.25, 0.3) is 0 Å². The topological polar surface area (TPSA) is 61.5 Å². The third-order valence-electron chi connectivity index (χ3n) is 3.32. The van der Waals surface area contributed by atoms with Crippen molar-refractivity contribution in [3.05, 3.63) is 35.9 Å². The molecule has 20 heavy (non-hydrogen) atoms. The Morgan fingerprint density at radius 1 is 1.30 bits per heavy atom. The first-order chi connectivity index (χ1) is 9.28. The average molecular weight is 277 g/mol. The molecule has 0 unspecified atom stereocenters. The van der Waals surface area contributed by atoms with Crippen LogP contribution in [0.2, 0.25) is 0 Å². The zero-order valence-electron chi connectivity index (χ0n) is 12.4. The summed E-state index contributed by atoms with van der Waals surface area (Å²) in [6.45, 7) is 6.08. The Balaban J connectivity index is 1.77. The lowest BCUT2D eigenvalue weighted by Crippen LogP contribution is -2.62. The Bertz CT molecular complexity index is 458. The van der Waals surface area contributed by atoms with Gasteiger partial charge in [0.15, 0.2) is 0 Å². The van der Waals surface area contributed by atoms with Crippen LogP contribution in [0, 0.1) is 0 Å². The fraction of sp³-hybridized carbons (Fsp3) is 0.562. The second-order valence-electron chi connectivity index (χ2n) is 6.48. The largest absolute Gasteiger partial charge is 0.459 e. The zero-order valence-corrected chi connectivity index (χ0v) is 12.4. The van der Waals surface area contributed by atoms with Gasteiger partial charge in [0, 0.05) is 12.8 Å². The van der Waals surface area contributed by atoms with E-state index in [0.29, 0.717) is 19.4 Å². The number of benzene rings is 1. The summed E-state index contributed by atoms with van der Waals surface area (Å²) in [5.41, 5.74) is 5.80. The predicted octanol–water partition coefficient (Wildman–Crippen LogP) is 2.40. The lowest BCUT2D eigenvalue weighted by Gasteiger charge is -2.43. The van der Waals surface area contributed by atoms with Crippen LogP contribution >= 0.6 is 0 Å². The van der Waals surface area contributed by atoms with Crippen LogP contribution in [-0.4, -0.2) is 23.2 Å². The number of rotatable bonds is 4. The molecule has 2 rings (SSSR count). The van der Waals surface area contributed by atoms with E-state index < -0.39 is 11.1 Å². The zero-order chi connectivity index (χ0) is 14.8. The Morgan fingerprint density at radius 2 is 1.90 bits per heavy atom. The third-order valence-corrected chi connectivity index (χ3v) is 3.32. The molecule has 0 aliphatic heterocycles. The number of ether oxygens (including phenoxy) is 2. The smallest absolute Gasteiger partial charge is 0.326 e. The fourth-order valence-electron chi connectivity index (χ4n) is 2.21. The van der Waals surface area contributed by atoms with E-state index in [4.69, 9.17) is 15.2 Å². The minimum atomic E-state index is -0.880. The van der Waals surface area contributed by atoms with Crippen molar-refractivity contribution in [3.8, 4) is 0 Å². The summed E-state index contributed by atoms with van der Waals surface area (Å²) < 4.78 is 11.1. The van der Waals surface area contributed by atoms with Crippen molar-refractivity contribution in [2.75, 3.05) is 0 Å². The van der Waals surface area contributed by atoms with Gasteiger partial charge in [-0.05, 0) is 26.3 Å². The summed E-state index contributed by atoms with van der Waals surface area (Å²) in [5, 5.41) is 0. The molecule has 1 saturated carbocycles. The van der Waals surface area contributed by atoms with Crippen molar-refractivity contribution < 1.29 is 14.3 Å². The third kappa shape index (κ3) is 3.81. The highest BCUT2D eigenvalue weighted by molar-refractivity contribution is 5.82. The first-order valence-corrected chi connectivity index (χ1v) is 6.96. The standard InChI is InChI=1S/C16H23NO3/c1-15(2,3)20-14(18)16(17)9-13(10-16)19-11-12-7-5-4-6-8-12/h4-8,13H,9-11,17H2,1-3H3. The molecule has 0 aromatic heterocycles. The second-order valence-corrected chi connectivity index (χ2v) is 6.48. The molecule has 0 radical (unpaired) electrons. The van der Waals surface area contributed by atoms with Crippen molar-refractivity contribution in [3.63, 3.8) is 0 Å². The summed E-state index contributed by atoms with van der Waals surface area (Å²) >= 11 is 0. The normalized spacial score (nSPS) is 25.9. The van der Waals surface area contributed by atoms with E-state index in [1.807, 2.05) is 51.1 Å². The van der Waals surface area contributed by atoms with Crippen molar-refractivity contribution in [1.29, 1.82) is 0 Å². The maximum absolute atomic E-state index is 12.0. The van der Waals surface area contributed by atoms with Gasteiger partial charge in [0.1, 0.15) is 11.1 Å². The molecule has 1 fully saturated rings. The first kappa shape index (κ1) is 15.0. The van der Waals surface area contributed by atoms with E-state index in [1.165, 1.54) is 0 Å². The summed E-state index contributed by atoms with van der Waals surface area (Å²) in [5.74, 6) is -0.329.